The molecule has 27 heavy (non-hydrogen) atoms. The first-order chi connectivity index (χ1) is 13.1. The van der Waals surface area contributed by atoms with Crippen molar-refractivity contribution in [2.75, 3.05) is 5.32 Å². The molecule has 1 aliphatic carbocycles. The molecule has 1 amide bonds. The number of aromatic amines is 1. The van der Waals surface area contributed by atoms with Gasteiger partial charge in [-0.2, -0.15) is 0 Å². The highest BCUT2D eigenvalue weighted by Crippen LogP contribution is 2.26. The fourth-order valence-electron chi connectivity index (χ4n) is 3.43. The maximum absolute atomic E-state index is 12.7. The lowest BCUT2D eigenvalue weighted by Gasteiger charge is -2.16. The quantitative estimate of drug-likeness (QED) is 0.532. The molecule has 1 heterocycles. The highest BCUT2D eigenvalue weighted by molar-refractivity contribution is 8.00. The number of hydrogen-bond acceptors (Lipinski definition) is 4. The average molecular weight is 379 g/mol. The van der Waals surface area contributed by atoms with E-state index in [1.165, 1.54) is 11.8 Å². The van der Waals surface area contributed by atoms with Crippen LogP contribution in [0.3, 0.4) is 0 Å². The SMILES string of the molecule is C[C@@H](Sc1nc2c(c(=O)[nH]1)CCCC2)C(=O)Nc1cccc2ccccc12. The van der Waals surface area contributed by atoms with Gasteiger partial charge in [-0.15, -0.1) is 0 Å². The van der Waals surface area contributed by atoms with Gasteiger partial charge in [-0.05, 0) is 44.1 Å². The number of carbonyl (C=O) groups excluding carboxylic acids is 1. The van der Waals surface area contributed by atoms with Gasteiger partial charge >= 0.3 is 0 Å². The maximum atomic E-state index is 12.7. The van der Waals surface area contributed by atoms with E-state index >= 15 is 0 Å². The molecule has 0 bridgehead atoms. The van der Waals surface area contributed by atoms with Crippen molar-refractivity contribution in [3.63, 3.8) is 0 Å². The second-order valence-electron chi connectivity index (χ2n) is 6.78. The second-order valence-corrected chi connectivity index (χ2v) is 8.11. The van der Waals surface area contributed by atoms with Crippen molar-refractivity contribution in [1.82, 2.24) is 9.97 Å². The van der Waals surface area contributed by atoms with Gasteiger partial charge in [-0.25, -0.2) is 4.98 Å². The van der Waals surface area contributed by atoms with Crippen molar-refractivity contribution < 1.29 is 4.79 Å². The van der Waals surface area contributed by atoms with E-state index in [-0.39, 0.29) is 16.7 Å². The first kappa shape index (κ1) is 17.8. The summed E-state index contributed by atoms with van der Waals surface area (Å²) in [6.07, 6.45) is 3.72. The Morgan fingerprint density at radius 3 is 2.81 bits per heavy atom. The van der Waals surface area contributed by atoms with E-state index in [0.29, 0.717) is 5.16 Å². The number of nitrogens with zero attached hydrogens (tertiary/aromatic N) is 1. The van der Waals surface area contributed by atoms with E-state index in [0.717, 1.165) is 53.4 Å². The van der Waals surface area contributed by atoms with Crippen LogP contribution in [-0.2, 0) is 17.6 Å². The fourth-order valence-corrected chi connectivity index (χ4v) is 4.24. The van der Waals surface area contributed by atoms with Crippen molar-refractivity contribution in [2.45, 2.75) is 43.0 Å². The van der Waals surface area contributed by atoms with Crippen molar-refractivity contribution >= 4 is 34.1 Å². The summed E-state index contributed by atoms with van der Waals surface area (Å²) in [7, 11) is 0. The van der Waals surface area contributed by atoms with E-state index in [9.17, 15) is 9.59 Å². The van der Waals surface area contributed by atoms with E-state index < -0.39 is 0 Å². The Labute approximate surface area is 161 Å². The van der Waals surface area contributed by atoms with Crippen LogP contribution < -0.4 is 10.9 Å². The standard InChI is InChI=1S/C21H21N3O2S/c1-13(27-21-23-18-11-5-4-10-16(18)20(26)24-21)19(25)22-17-12-6-8-14-7-2-3-9-15(14)17/h2-3,6-9,12-13H,4-5,10-11H2,1H3,(H,22,25)(H,23,24,26)/t13-/m1/s1. The third-order valence-corrected chi connectivity index (χ3v) is 5.86. The Kier molecular flexibility index (Phi) is 4.99. The first-order valence-electron chi connectivity index (χ1n) is 9.19. The third-order valence-electron chi connectivity index (χ3n) is 4.87. The number of benzene rings is 2. The molecule has 0 radical (unpaired) electrons. The molecule has 1 aliphatic rings. The molecule has 3 aromatic rings. The zero-order valence-electron chi connectivity index (χ0n) is 15.1. The molecule has 138 valence electrons. The van der Waals surface area contributed by atoms with Crippen LogP contribution in [0.5, 0.6) is 0 Å². The molecule has 0 unspecified atom stereocenters. The van der Waals surface area contributed by atoms with Gasteiger partial charge in [-0.1, -0.05) is 48.2 Å². The monoisotopic (exact) mass is 379 g/mol. The molecule has 2 aromatic carbocycles. The van der Waals surface area contributed by atoms with Gasteiger partial charge in [0.05, 0.1) is 10.9 Å². The number of nitrogens with one attached hydrogen (secondary N) is 2. The molecule has 4 rings (SSSR count). The lowest BCUT2D eigenvalue weighted by atomic mass is 9.97. The molecule has 0 fully saturated rings. The molecular formula is C21H21N3O2S. The Hall–Kier alpha value is -2.60. The van der Waals surface area contributed by atoms with Crippen LogP contribution in [-0.4, -0.2) is 21.1 Å². The number of H-pyrrole nitrogens is 1. The van der Waals surface area contributed by atoms with Crippen LogP contribution in [0.15, 0.2) is 52.4 Å². The van der Waals surface area contributed by atoms with Crippen molar-refractivity contribution in [3.8, 4) is 0 Å². The van der Waals surface area contributed by atoms with Crippen molar-refractivity contribution in [3.05, 3.63) is 64.1 Å². The van der Waals surface area contributed by atoms with Crippen LogP contribution in [0.25, 0.3) is 10.8 Å². The van der Waals surface area contributed by atoms with Gasteiger partial charge in [0.15, 0.2) is 5.16 Å². The summed E-state index contributed by atoms with van der Waals surface area (Å²) in [5.41, 5.74) is 2.41. The summed E-state index contributed by atoms with van der Waals surface area (Å²) in [5.74, 6) is -0.114. The Balaban J connectivity index is 1.51. The zero-order valence-corrected chi connectivity index (χ0v) is 15.9. The number of thioether (sulfide) groups is 1. The van der Waals surface area contributed by atoms with Crippen LogP contribution in [0.1, 0.15) is 31.0 Å². The molecule has 0 saturated heterocycles. The predicted octanol–water partition coefficient (Wildman–Crippen LogP) is 3.92. The van der Waals surface area contributed by atoms with E-state index in [1.807, 2.05) is 49.4 Å². The Morgan fingerprint density at radius 2 is 1.93 bits per heavy atom. The number of fused-ring (bicyclic) bond motifs is 2. The molecule has 1 atom stereocenters. The summed E-state index contributed by atoms with van der Waals surface area (Å²) in [5, 5.41) is 5.22. The number of aryl methyl sites for hydroxylation is 1. The summed E-state index contributed by atoms with van der Waals surface area (Å²) in [4.78, 5) is 32.4. The van der Waals surface area contributed by atoms with Crippen molar-refractivity contribution in [2.24, 2.45) is 0 Å². The number of anilines is 1. The molecule has 0 saturated carbocycles. The molecule has 2 N–H and O–H groups in total. The first-order valence-corrected chi connectivity index (χ1v) is 10.1. The van der Waals surface area contributed by atoms with Gasteiger partial charge in [0.1, 0.15) is 0 Å². The summed E-state index contributed by atoms with van der Waals surface area (Å²) < 4.78 is 0. The summed E-state index contributed by atoms with van der Waals surface area (Å²) in [6, 6.07) is 13.8. The average Bonchev–Trinajstić information content (AvgIpc) is 2.68. The van der Waals surface area contributed by atoms with Gasteiger partial charge in [0, 0.05) is 16.6 Å². The van der Waals surface area contributed by atoms with E-state index in [4.69, 9.17) is 0 Å². The molecule has 1 aromatic heterocycles. The number of amides is 1. The summed E-state index contributed by atoms with van der Waals surface area (Å²) in [6.45, 7) is 1.82. The van der Waals surface area contributed by atoms with Crippen molar-refractivity contribution in [1.29, 1.82) is 0 Å². The Bertz CT molecular complexity index is 1060. The Morgan fingerprint density at radius 1 is 1.15 bits per heavy atom. The van der Waals surface area contributed by atoms with Crippen LogP contribution in [0.4, 0.5) is 5.69 Å². The van der Waals surface area contributed by atoms with Gasteiger partial charge < -0.3 is 10.3 Å². The van der Waals surface area contributed by atoms with Gasteiger partial charge in [0.2, 0.25) is 5.91 Å². The minimum atomic E-state index is -0.381. The lowest BCUT2D eigenvalue weighted by molar-refractivity contribution is -0.115. The van der Waals surface area contributed by atoms with Crippen LogP contribution in [0, 0.1) is 0 Å². The molecule has 0 spiro atoms. The predicted molar refractivity (Wildman–Crippen MR) is 109 cm³/mol. The zero-order chi connectivity index (χ0) is 18.8. The largest absolute Gasteiger partial charge is 0.325 e. The topological polar surface area (TPSA) is 74.8 Å². The van der Waals surface area contributed by atoms with E-state index in [2.05, 4.69) is 15.3 Å². The van der Waals surface area contributed by atoms with Gasteiger partial charge in [0.25, 0.3) is 5.56 Å². The highest BCUT2D eigenvalue weighted by atomic mass is 32.2. The summed E-state index contributed by atoms with van der Waals surface area (Å²) >= 11 is 1.28. The number of carbonyl (C=O) groups is 1. The van der Waals surface area contributed by atoms with Gasteiger partial charge in [-0.3, -0.25) is 9.59 Å². The number of rotatable bonds is 4. The number of hydrogen-bond donors (Lipinski definition) is 2. The molecule has 5 nitrogen and oxygen atoms in total. The molecule has 6 heteroatoms. The normalized spacial score (nSPS) is 14.6. The smallest absolute Gasteiger partial charge is 0.254 e. The van der Waals surface area contributed by atoms with E-state index in [1.54, 1.807) is 0 Å². The number of aromatic nitrogens is 2. The van der Waals surface area contributed by atoms with Crippen LogP contribution >= 0.6 is 11.8 Å². The minimum Gasteiger partial charge on any atom is -0.325 e. The highest BCUT2D eigenvalue weighted by Gasteiger charge is 2.20. The third kappa shape index (κ3) is 3.76. The molecular weight excluding hydrogens is 358 g/mol. The maximum Gasteiger partial charge on any atom is 0.254 e. The fraction of sp³-hybridized carbons (Fsp3) is 0.286. The second kappa shape index (κ2) is 7.56. The lowest BCUT2D eigenvalue weighted by Crippen LogP contribution is -2.25. The molecule has 0 aliphatic heterocycles. The minimum absolute atomic E-state index is 0.0659. The van der Waals surface area contributed by atoms with Crippen LogP contribution in [0.2, 0.25) is 0 Å².